The van der Waals surface area contributed by atoms with Gasteiger partial charge in [-0.15, -0.1) is 10.2 Å². The van der Waals surface area contributed by atoms with Crippen molar-refractivity contribution in [3.8, 4) is 11.5 Å². The van der Waals surface area contributed by atoms with E-state index in [9.17, 15) is 14.4 Å². The molecule has 0 unspecified atom stereocenters. The van der Waals surface area contributed by atoms with E-state index in [2.05, 4.69) is 15.5 Å². The second-order valence-corrected chi connectivity index (χ2v) is 6.39. The van der Waals surface area contributed by atoms with Crippen molar-refractivity contribution in [1.82, 2.24) is 20.4 Å². The van der Waals surface area contributed by atoms with Gasteiger partial charge in [-0.25, -0.2) is 4.79 Å². The van der Waals surface area contributed by atoms with E-state index in [1.807, 2.05) is 30.3 Å². The first kappa shape index (κ1) is 17.6. The first-order chi connectivity index (χ1) is 12.3. The molecule has 0 bridgehead atoms. The first-order valence-corrected chi connectivity index (χ1v) is 8.00. The van der Waals surface area contributed by atoms with Gasteiger partial charge in [0.15, 0.2) is 6.10 Å². The van der Waals surface area contributed by atoms with E-state index in [1.165, 1.54) is 0 Å². The average Bonchev–Trinajstić information content (AvgIpc) is 3.15. The summed E-state index contributed by atoms with van der Waals surface area (Å²) in [5, 5.41) is 10.3. The summed E-state index contributed by atoms with van der Waals surface area (Å²) in [6.07, 6.45) is -0.818. The number of urea groups is 1. The van der Waals surface area contributed by atoms with E-state index in [4.69, 9.17) is 9.15 Å². The molecule has 3 amide bonds. The van der Waals surface area contributed by atoms with Gasteiger partial charge >= 0.3 is 12.0 Å². The van der Waals surface area contributed by atoms with Crippen LogP contribution in [0.3, 0.4) is 0 Å². The Balaban J connectivity index is 1.62. The molecule has 1 saturated heterocycles. The summed E-state index contributed by atoms with van der Waals surface area (Å²) in [6.45, 7) is 4.20. The standard InChI is InChI=1S/C17H18N4O5/c1-10(13-19-20-14(26-13)11-7-5-4-6-8-11)25-12(22)9-21-15(23)17(2,3)18-16(21)24/h4-8,10H,9H2,1-3H3,(H,18,24)/t10-/m0/s1. The van der Waals surface area contributed by atoms with E-state index < -0.39 is 36.1 Å². The van der Waals surface area contributed by atoms with Crippen LogP contribution < -0.4 is 5.32 Å². The van der Waals surface area contributed by atoms with Gasteiger partial charge in [0.05, 0.1) is 0 Å². The number of hydrogen-bond donors (Lipinski definition) is 1. The molecule has 136 valence electrons. The fourth-order valence-corrected chi connectivity index (χ4v) is 2.47. The third-order valence-corrected chi connectivity index (χ3v) is 3.85. The number of hydrogen-bond acceptors (Lipinski definition) is 7. The SMILES string of the molecule is C[C@H](OC(=O)CN1C(=O)NC(C)(C)C1=O)c1nnc(-c2ccccc2)o1. The number of carbonyl (C=O) groups is 3. The Morgan fingerprint density at radius 3 is 2.58 bits per heavy atom. The van der Waals surface area contributed by atoms with Crippen molar-refractivity contribution < 1.29 is 23.5 Å². The van der Waals surface area contributed by atoms with Crippen LogP contribution in [0, 0.1) is 0 Å². The molecule has 1 aromatic heterocycles. The maximum atomic E-state index is 12.1. The lowest BCUT2D eigenvalue weighted by atomic mass is 10.1. The number of nitrogens with zero attached hydrogens (tertiary/aromatic N) is 3. The number of aromatic nitrogens is 2. The van der Waals surface area contributed by atoms with Gasteiger partial charge in [0.25, 0.3) is 11.8 Å². The Morgan fingerprint density at radius 1 is 1.27 bits per heavy atom. The molecule has 0 saturated carbocycles. The second-order valence-electron chi connectivity index (χ2n) is 6.39. The average molecular weight is 358 g/mol. The van der Waals surface area contributed by atoms with Crippen molar-refractivity contribution in [2.75, 3.05) is 6.54 Å². The van der Waals surface area contributed by atoms with Gasteiger partial charge in [0.1, 0.15) is 12.1 Å². The van der Waals surface area contributed by atoms with Gasteiger partial charge in [-0.05, 0) is 32.9 Å². The molecule has 9 heteroatoms. The van der Waals surface area contributed by atoms with Gasteiger partial charge < -0.3 is 14.5 Å². The lowest BCUT2D eigenvalue weighted by Gasteiger charge is -2.16. The Kier molecular flexibility index (Phi) is 4.45. The number of ether oxygens (including phenoxy) is 1. The molecular weight excluding hydrogens is 340 g/mol. The Hall–Kier alpha value is -3.23. The van der Waals surface area contributed by atoms with Crippen LogP contribution in [0.5, 0.6) is 0 Å². The van der Waals surface area contributed by atoms with Crippen LogP contribution in [0.25, 0.3) is 11.5 Å². The van der Waals surface area contributed by atoms with E-state index in [0.717, 1.165) is 10.5 Å². The number of imide groups is 1. The summed E-state index contributed by atoms with van der Waals surface area (Å²) in [7, 11) is 0. The van der Waals surface area contributed by atoms with Crippen molar-refractivity contribution in [1.29, 1.82) is 0 Å². The van der Waals surface area contributed by atoms with E-state index in [-0.39, 0.29) is 5.89 Å². The minimum atomic E-state index is -1.04. The van der Waals surface area contributed by atoms with Crippen LogP contribution in [0.15, 0.2) is 34.7 Å². The van der Waals surface area contributed by atoms with Crippen LogP contribution in [0.1, 0.15) is 32.8 Å². The molecule has 0 aliphatic carbocycles. The van der Waals surface area contributed by atoms with Crippen LogP contribution in [0.4, 0.5) is 4.79 Å². The number of amides is 3. The molecule has 1 aliphatic rings. The van der Waals surface area contributed by atoms with Crippen molar-refractivity contribution in [2.45, 2.75) is 32.4 Å². The largest absolute Gasteiger partial charge is 0.451 e. The zero-order valence-corrected chi connectivity index (χ0v) is 14.6. The number of esters is 1. The minimum Gasteiger partial charge on any atom is -0.451 e. The number of carbonyl (C=O) groups excluding carboxylic acids is 3. The molecular formula is C17H18N4O5. The van der Waals surface area contributed by atoms with Crippen molar-refractivity contribution in [3.63, 3.8) is 0 Å². The topological polar surface area (TPSA) is 115 Å². The molecule has 3 rings (SSSR count). The summed E-state index contributed by atoms with van der Waals surface area (Å²) in [5.41, 5.74) is -0.300. The maximum Gasteiger partial charge on any atom is 0.327 e. The van der Waals surface area contributed by atoms with Crippen molar-refractivity contribution in [3.05, 3.63) is 36.2 Å². The first-order valence-electron chi connectivity index (χ1n) is 8.00. The summed E-state index contributed by atoms with van der Waals surface area (Å²) in [4.78, 5) is 36.8. The Labute approximate surface area is 149 Å². The lowest BCUT2D eigenvalue weighted by molar-refractivity contribution is -0.152. The highest BCUT2D eigenvalue weighted by Crippen LogP contribution is 2.22. The van der Waals surface area contributed by atoms with Gasteiger partial charge in [0, 0.05) is 5.56 Å². The van der Waals surface area contributed by atoms with Crippen LogP contribution >= 0.6 is 0 Å². The predicted molar refractivity (Wildman–Crippen MR) is 88.6 cm³/mol. The Morgan fingerprint density at radius 2 is 1.96 bits per heavy atom. The number of rotatable bonds is 5. The molecule has 0 radical (unpaired) electrons. The third kappa shape index (κ3) is 3.41. The van der Waals surface area contributed by atoms with Crippen molar-refractivity contribution in [2.24, 2.45) is 0 Å². The maximum absolute atomic E-state index is 12.1. The van der Waals surface area contributed by atoms with Crippen LogP contribution in [0.2, 0.25) is 0 Å². The zero-order chi connectivity index (χ0) is 18.9. The second kappa shape index (κ2) is 6.58. The van der Waals surface area contributed by atoms with Gasteiger partial charge in [0.2, 0.25) is 5.89 Å². The van der Waals surface area contributed by atoms with Gasteiger partial charge in [-0.3, -0.25) is 14.5 Å². The molecule has 0 spiro atoms. The normalized spacial score (nSPS) is 17.1. The summed E-state index contributed by atoms with van der Waals surface area (Å²) >= 11 is 0. The fourth-order valence-electron chi connectivity index (χ4n) is 2.47. The highest BCUT2D eigenvalue weighted by Gasteiger charge is 2.45. The van der Waals surface area contributed by atoms with Crippen molar-refractivity contribution >= 4 is 17.9 Å². The fraction of sp³-hybridized carbons (Fsp3) is 0.353. The molecule has 26 heavy (non-hydrogen) atoms. The molecule has 1 N–H and O–H groups in total. The smallest absolute Gasteiger partial charge is 0.327 e. The van der Waals surface area contributed by atoms with E-state index >= 15 is 0 Å². The number of benzene rings is 1. The number of nitrogens with one attached hydrogen (secondary N) is 1. The zero-order valence-electron chi connectivity index (χ0n) is 14.6. The predicted octanol–water partition coefficient (Wildman–Crippen LogP) is 1.67. The monoisotopic (exact) mass is 358 g/mol. The molecule has 9 nitrogen and oxygen atoms in total. The summed E-state index contributed by atoms with van der Waals surface area (Å²) in [6, 6.07) is 8.53. The van der Waals surface area contributed by atoms with Gasteiger partial charge in [-0.1, -0.05) is 18.2 Å². The molecule has 2 heterocycles. The molecule has 1 aromatic carbocycles. The molecule has 1 fully saturated rings. The van der Waals surface area contributed by atoms with Crippen LogP contribution in [-0.4, -0.2) is 45.1 Å². The molecule has 2 aromatic rings. The summed E-state index contributed by atoms with van der Waals surface area (Å²) < 4.78 is 10.7. The van der Waals surface area contributed by atoms with E-state index in [1.54, 1.807) is 20.8 Å². The lowest BCUT2D eigenvalue weighted by Crippen LogP contribution is -2.41. The molecule has 1 aliphatic heterocycles. The highest BCUT2D eigenvalue weighted by molar-refractivity contribution is 6.08. The quantitative estimate of drug-likeness (QED) is 0.638. The highest BCUT2D eigenvalue weighted by atomic mass is 16.6. The summed E-state index contributed by atoms with van der Waals surface area (Å²) in [5.74, 6) is -0.816. The Bertz CT molecular complexity index is 846. The van der Waals surface area contributed by atoms with Crippen LogP contribution in [-0.2, 0) is 14.3 Å². The third-order valence-electron chi connectivity index (χ3n) is 3.85. The molecule has 1 atom stereocenters. The van der Waals surface area contributed by atoms with Gasteiger partial charge in [-0.2, -0.15) is 0 Å². The van der Waals surface area contributed by atoms with E-state index in [0.29, 0.717) is 5.89 Å². The minimum absolute atomic E-state index is 0.120.